The summed E-state index contributed by atoms with van der Waals surface area (Å²) in [4.78, 5) is 12.1. The predicted molar refractivity (Wildman–Crippen MR) is 111 cm³/mol. The zero-order chi connectivity index (χ0) is 20.3. The van der Waals surface area contributed by atoms with Crippen LogP contribution in [-0.4, -0.2) is 42.4 Å². The molecular formula is C19H42O4Si2. The van der Waals surface area contributed by atoms with Crippen molar-refractivity contribution in [3.8, 4) is 0 Å². The normalized spacial score (nSPS) is 16.5. The van der Waals surface area contributed by atoms with Crippen LogP contribution in [0.5, 0.6) is 0 Å². The molecule has 0 saturated carbocycles. The van der Waals surface area contributed by atoms with E-state index in [1.165, 1.54) is 7.11 Å². The maximum atomic E-state index is 12.1. The molecule has 0 N–H and O–H groups in total. The van der Waals surface area contributed by atoms with Crippen LogP contribution < -0.4 is 0 Å². The SMILES string of the molecule is COC(=O)[C@@H](C)[C@H](CCO[Si](C)(C)C(C)(C)C)O[Si](C)(C)C(C)(C)C. The number of rotatable bonds is 8. The van der Waals surface area contributed by atoms with E-state index in [-0.39, 0.29) is 28.1 Å². The van der Waals surface area contributed by atoms with Crippen LogP contribution in [0.3, 0.4) is 0 Å². The number of ether oxygens (including phenoxy) is 1. The fourth-order valence-corrected chi connectivity index (χ4v) is 4.44. The Bertz CT molecular complexity index is 434. The zero-order valence-corrected chi connectivity index (χ0v) is 20.7. The van der Waals surface area contributed by atoms with Crippen LogP contribution in [-0.2, 0) is 18.4 Å². The average Bonchev–Trinajstić information content (AvgIpc) is 2.41. The van der Waals surface area contributed by atoms with Gasteiger partial charge in [-0.1, -0.05) is 41.5 Å². The molecule has 0 aromatic carbocycles. The number of methoxy groups -OCH3 is 1. The third-order valence-electron chi connectivity index (χ3n) is 6.05. The second-order valence-electron chi connectivity index (χ2n) is 10.1. The summed E-state index contributed by atoms with van der Waals surface area (Å²) >= 11 is 0. The first-order valence-corrected chi connectivity index (χ1v) is 15.2. The Balaban J connectivity index is 5.15. The molecular weight excluding hydrogens is 348 g/mol. The topological polar surface area (TPSA) is 44.8 Å². The summed E-state index contributed by atoms with van der Waals surface area (Å²) in [6, 6.07) is 0. The van der Waals surface area contributed by atoms with E-state index in [9.17, 15) is 4.79 Å². The highest BCUT2D eigenvalue weighted by molar-refractivity contribution is 6.74. The lowest BCUT2D eigenvalue weighted by Crippen LogP contribution is -2.47. The highest BCUT2D eigenvalue weighted by atomic mass is 28.4. The maximum absolute atomic E-state index is 12.1. The molecule has 0 heterocycles. The van der Waals surface area contributed by atoms with Crippen LogP contribution in [0.1, 0.15) is 54.9 Å². The van der Waals surface area contributed by atoms with Crippen LogP contribution >= 0.6 is 0 Å². The van der Waals surface area contributed by atoms with Crippen molar-refractivity contribution in [1.29, 1.82) is 0 Å². The molecule has 0 unspecified atom stereocenters. The lowest BCUT2D eigenvalue weighted by molar-refractivity contribution is -0.148. The Morgan fingerprint density at radius 2 is 1.36 bits per heavy atom. The first-order chi connectivity index (χ1) is 11.0. The van der Waals surface area contributed by atoms with Crippen molar-refractivity contribution < 1.29 is 18.4 Å². The molecule has 0 fully saturated rings. The van der Waals surface area contributed by atoms with Gasteiger partial charge in [-0.25, -0.2) is 0 Å². The van der Waals surface area contributed by atoms with Crippen LogP contribution in [0.25, 0.3) is 0 Å². The molecule has 0 saturated heterocycles. The van der Waals surface area contributed by atoms with Gasteiger partial charge >= 0.3 is 5.97 Å². The van der Waals surface area contributed by atoms with E-state index < -0.39 is 16.6 Å². The summed E-state index contributed by atoms with van der Waals surface area (Å²) in [6.45, 7) is 24.8. The van der Waals surface area contributed by atoms with Crippen molar-refractivity contribution in [1.82, 2.24) is 0 Å². The van der Waals surface area contributed by atoms with Gasteiger partial charge in [0.05, 0.1) is 19.1 Å². The van der Waals surface area contributed by atoms with Crippen LogP contribution in [0, 0.1) is 5.92 Å². The van der Waals surface area contributed by atoms with E-state index in [0.29, 0.717) is 6.61 Å². The van der Waals surface area contributed by atoms with Gasteiger partial charge in [0.15, 0.2) is 16.6 Å². The van der Waals surface area contributed by atoms with Crippen molar-refractivity contribution in [3.05, 3.63) is 0 Å². The molecule has 0 rings (SSSR count). The standard InChI is InChI=1S/C19H42O4Si2/c1-15(17(20)21-8)16(23-25(11,12)19(5,6)7)13-14-22-24(9,10)18(2,3)4/h15-16H,13-14H2,1-12H3/t15-,16-/m0/s1. The zero-order valence-electron chi connectivity index (χ0n) is 18.7. The summed E-state index contributed by atoms with van der Waals surface area (Å²) in [6.07, 6.45) is 0.549. The molecule has 0 radical (unpaired) electrons. The maximum Gasteiger partial charge on any atom is 0.310 e. The lowest BCUT2D eigenvalue weighted by atomic mass is 10.0. The molecule has 2 atom stereocenters. The number of carbonyl (C=O) groups excluding carboxylic acids is 1. The fourth-order valence-electron chi connectivity index (χ4n) is 1.95. The highest BCUT2D eigenvalue weighted by Crippen LogP contribution is 2.39. The minimum Gasteiger partial charge on any atom is -0.469 e. The van der Waals surface area contributed by atoms with Crippen LogP contribution in [0.15, 0.2) is 0 Å². The van der Waals surface area contributed by atoms with Crippen LogP contribution in [0.2, 0.25) is 36.3 Å². The second-order valence-corrected chi connectivity index (χ2v) is 19.7. The molecule has 25 heavy (non-hydrogen) atoms. The van der Waals surface area contributed by atoms with Gasteiger partial charge in [-0.05, 0) is 49.6 Å². The predicted octanol–water partition coefficient (Wildman–Crippen LogP) is 5.60. The minimum absolute atomic E-state index is 0.0986. The van der Waals surface area contributed by atoms with Crippen LogP contribution in [0.4, 0.5) is 0 Å². The Kier molecular flexibility index (Phi) is 8.61. The number of esters is 1. The Labute approximate surface area is 158 Å². The minimum atomic E-state index is -1.97. The summed E-state index contributed by atoms with van der Waals surface area (Å²) in [7, 11) is -2.33. The molecule has 0 spiro atoms. The number of hydrogen-bond donors (Lipinski definition) is 0. The van der Waals surface area contributed by atoms with E-state index in [0.717, 1.165) is 6.42 Å². The van der Waals surface area contributed by atoms with Gasteiger partial charge in [-0.3, -0.25) is 4.79 Å². The Morgan fingerprint density at radius 3 is 1.72 bits per heavy atom. The van der Waals surface area contributed by atoms with Crippen molar-refractivity contribution in [2.75, 3.05) is 13.7 Å². The second kappa shape index (κ2) is 8.67. The molecule has 0 aliphatic heterocycles. The summed E-state index contributed by atoms with van der Waals surface area (Å²) in [5.74, 6) is -0.502. The van der Waals surface area contributed by atoms with Crippen molar-refractivity contribution >= 4 is 22.6 Å². The fraction of sp³-hybridized carbons (Fsp3) is 0.947. The van der Waals surface area contributed by atoms with E-state index in [4.69, 9.17) is 13.6 Å². The molecule has 0 aromatic rings. The smallest absolute Gasteiger partial charge is 0.310 e. The molecule has 0 aliphatic carbocycles. The monoisotopic (exact) mass is 390 g/mol. The van der Waals surface area contributed by atoms with Gasteiger partial charge in [0.1, 0.15) is 0 Å². The van der Waals surface area contributed by atoms with Crippen molar-refractivity contribution in [2.45, 2.75) is 97.3 Å². The summed E-state index contributed by atoms with van der Waals surface area (Å²) in [5, 5.41) is 0.276. The van der Waals surface area contributed by atoms with E-state index >= 15 is 0 Å². The third kappa shape index (κ3) is 7.15. The van der Waals surface area contributed by atoms with Gasteiger partial charge in [-0.15, -0.1) is 0 Å². The Hall–Kier alpha value is -0.176. The van der Waals surface area contributed by atoms with E-state index in [2.05, 4.69) is 67.7 Å². The van der Waals surface area contributed by atoms with E-state index in [1.807, 2.05) is 6.92 Å². The first kappa shape index (κ1) is 24.8. The quantitative estimate of drug-likeness (QED) is 0.400. The number of hydrogen-bond acceptors (Lipinski definition) is 4. The first-order valence-electron chi connectivity index (χ1n) is 9.36. The van der Waals surface area contributed by atoms with Gasteiger partial charge < -0.3 is 13.6 Å². The van der Waals surface area contributed by atoms with Gasteiger partial charge in [0.2, 0.25) is 0 Å². The van der Waals surface area contributed by atoms with Crippen molar-refractivity contribution in [2.24, 2.45) is 5.92 Å². The Morgan fingerprint density at radius 1 is 0.920 bits per heavy atom. The number of carbonyl (C=O) groups is 1. The molecule has 0 amide bonds. The molecule has 0 bridgehead atoms. The molecule has 0 aliphatic rings. The average molecular weight is 391 g/mol. The van der Waals surface area contributed by atoms with Gasteiger partial charge in [0, 0.05) is 6.61 Å². The van der Waals surface area contributed by atoms with E-state index in [1.54, 1.807) is 0 Å². The van der Waals surface area contributed by atoms with Crippen molar-refractivity contribution in [3.63, 3.8) is 0 Å². The third-order valence-corrected chi connectivity index (χ3v) is 15.1. The molecule has 0 aromatic heterocycles. The lowest BCUT2D eigenvalue weighted by Gasteiger charge is -2.41. The van der Waals surface area contributed by atoms with Gasteiger partial charge in [-0.2, -0.15) is 0 Å². The molecule has 4 nitrogen and oxygen atoms in total. The molecule has 6 heteroatoms. The molecule has 150 valence electrons. The highest BCUT2D eigenvalue weighted by Gasteiger charge is 2.42. The van der Waals surface area contributed by atoms with Gasteiger partial charge in [0.25, 0.3) is 0 Å². The summed E-state index contributed by atoms with van der Waals surface area (Å²) in [5.41, 5.74) is 0. The summed E-state index contributed by atoms with van der Waals surface area (Å²) < 4.78 is 17.8. The largest absolute Gasteiger partial charge is 0.469 e.